The standard InChI is InChI=1S/C24H28N4OS/c1-23(2,15-29)11-18-12-25-22-21(18)27-20(13-26-22)17-4-3-5-19(10-17)28-8-6-24(14-28)7-9-30-16-24/h3-5,10,12-13,15H,6-9,11,14,16H2,1-2H3,(H,25,26). The number of benzene rings is 1. The number of aromatic amines is 1. The van der Waals surface area contributed by atoms with E-state index in [1.807, 2.05) is 26.2 Å². The summed E-state index contributed by atoms with van der Waals surface area (Å²) in [5, 5.41) is 0. The molecule has 0 amide bonds. The highest BCUT2D eigenvalue weighted by Crippen LogP contribution is 2.44. The predicted molar refractivity (Wildman–Crippen MR) is 124 cm³/mol. The Labute approximate surface area is 181 Å². The van der Waals surface area contributed by atoms with E-state index < -0.39 is 5.41 Å². The van der Waals surface area contributed by atoms with Gasteiger partial charge in [0.2, 0.25) is 0 Å². The first-order chi connectivity index (χ1) is 14.5. The third-order valence-corrected chi connectivity index (χ3v) is 7.86. The second-order valence-electron chi connectivity index (χ2n) is 9.57. The molecule has 2 saturated heterocycles. The van der Waals surface area contributed by atoms with E-state index in [1.54, 1.807) is 0 Å². The number of thioether (sulfide) groups is 1. The smallest absolute Gasteiger partial charge is 0.156 e. The lowest BCUT2D eigenvalue weighted by Gasteiger charge is -2.24. The Hall–Kier alpha value is -2.34. The molecule has 0 radical (unpaired) electrons. The van der Waals surface area contributed by atoms with E-state index in [9.17, 15) is 4.79 Å². The van der Waals surface area contributed by atoms with Crippen LogP contribution in [0.4, 0.5) is 5.69 Å². The van der Waals surface area contributed by atoms with Crippen molar-refractivity contribution >= 4 is 34.9 Å². The molecule has 30 heavy (non-hydrogen) atoms. The fraction of sp³-hybridized carbons (Fsp3) is 0.458. The van der Waals surface area contributed by atoms with Crippen LogP contribution in [0.1, 0.15) is 32.3 Å². The molecule has 6 heteroatoms. The molecule has 1 atom stereocenters. The molecule has 1 unspecified atom stereocenters. The lowest BCUT2D eigenvalue weighted by molar-refractivity contribution is -0.114. The normalized spacial score (nSPS) is 21.7. The fourth-order valence-electron chi connectivity index (χ4n) is 4.74. The van der Waals surface area contributed by atoms with Crippen LogP contribution in [0, 0.1) is 10.8 Å². The summed E-state index contributed by atoms with van der Waals surface area (Å²) in [6, 6.07) is 8.69. The van der Waals surface area contributed by atoms with E-state index in [2.05, 4.69) is 50.9 Å². The van der Waals surface area contributed by atoms with Crippen LogP contribution in [0.15, 0.2) is 36.7 Å². The van der Waals surface area contributed by atoms with Crippen LogP contribution < -0.4 is 4.90 Å². The summed E-state index contributed by atoms with van der Waals surface area (Å²) >= 11 is 2.11. The monoisotopic (exact) mass is 420 g/mol. The number of hydrogen-bond acceptors (Lipinski definition) is 5. The quantitative estimate of drug-likeness (QED) is 0.605. The van der Waals surface area contributed by atoms with Gasteiger partial charge in [-0.25, -0.2) is 9.97 Å². The number of rotatable bonds is 5. The lowest BCUT2D eigenvalue weighted by Crippen LogP contribution is -2.26. The third kappa shape index (κ3) is 3.62. The van der Waals surface area contributed by atoms with Crippen molar-refractivity contribution in [1.82, 2.24) is 15.0 Å². The van der Waals surface area contributed by atoms with Gasteiger partial charge in [-0.05, 0) is 48.1 Å². The van der Waals surface area contributed by atoms with Crippen molar-refractivity contribution in [3.8, 4) is 11.3 Å². The van der Waals surface area contributed by atoms with Crippen LogP contribution in [0.5, 0.6) is 0 Å². The van der Waals surface area contributed by atoms with Gasteiger partial charge in [0.15, 0.2) is 5.65 Å². The van der Waals surface area contributed by atoms with Crippen molar-refractivity contribution in [2.24, 2.45) is 10.8 Å². The zero-order valence-corrected chi connectivity index (χ0v) is 18.5. The molecule has 4 heterocycles. The topological polar surface area (TPSA) is 61.9 Å². The Bertz CT molecular complexity index is 1080. The fourth-order valence-corrected chi connectivity index (χ4v) is 6.27. The maximum absolute atomic E-state index is 11.4. The minimum absolute atomic E-state index is 0.420. The van der Waals surface area contributed by atoms with Gasteiger partial charge in [-0.2, -0.15) is 11.8 Å². The van der Waals surface area contributed by atoms with Crippen LogP contribution in [0.2, 0.25) is 0 Å². The van der Waals surface area contributed by atoms with Gasteiger partial charge in [0.1, 0.15) is 11.8 Å². The largest absolute Gasteiger partial charge is 0.371 e. The van der Waals surface area contributed by atoms with Crippen molar-refractivity contribution in [2.75, 3.05) is 29.5 Å². The molecule has 0 saturated carbocycles. The van der Waals surface area contributed by atoms with Gasteiger partial charge in [0.05, 0.1) is 11.9 Å². The van der Waals surface area contributed by atoms with Crippen LogP contribution in [-0.4, -0.2) is 45.8 Å². The van der Waals surface area contributed by atoms with Gasteiger partial charge >= 0.3 is 0 Å². The second kappa shape index (κ2) is 7.41. The highest BCUT2D eigenvalue weighted by atomic mass is 32.2. The Morgan fingerprint density at radius 3 is 3.03 bits per heavy atom. The second-order valence-corrected chi connectivity index (χ2v) is 10.7. The summed E-state index contributed by atoms with van der Waals surface area (Å²) in [7, 11) is 0. The van der Waals surface area contributed by atoms with Crippen LogP contribution >= 0.6 is 11.8 Å². The SMILES string of the molecule is CC(C)(C=O)Cc1c[nH]c2ncc(-c3cccc(N4CCC5(CCSC5)C4)c3)nc12. The number of nitrogens with zero attached hydrogens (tertiary/aromatic N) is 3. The minimum Gasteiger partial charge on any atom is -0.371 e. The molecule has 3 aromatic rings. The Kier molecular flexibility index (Phi) is 4.85. The minimum atomic E-state index is -0.420. The predicted octanol–water partition coefficient (Wildman–Crippen LogP) is 4.73. The number of carbonyl (C=O) groups excluding carboxylic acids is 1. The molecule has 2 aliphatic rings. The Morgan fingerprint density at radius 1 is 1.33 bits per heavy atom. The Balaban J connectivity index is 1.44. The number of anilines is 1. The molecule has 1 N–H and O–H groups in total. The van der Waals surface area contributed by atoms with E-state index in [1.165, 1.54) is 30.0 Å². The maximum atomic E-state index is 11.4. The van der Waals surface area contributed by atoms with Gasteiger partial charge in [-0.15, -0.1) is 0 Å². The zero-order chi connectivity index (χ0) is 20.8. The van der Waals surface area contributed by atoms with Crippen LogP contribution in [-0.2, 0) is 11.2 Å². The van der Waals surface area contributed by atoms with E-state index in [-0.39, 0.29) is 0 Å². The van der Waals surface area contributed by atoms with Crippen LogP contribution in [0.25, 0.3) is 22.4 Å². The van der Waals surface area contributed by atoms with Crippen molar-refractivity contribution in [3.63, 3.8) is 0 Å². The average molecular weight is 421 g/mol. The summed E-state index contributed by atoms with van der Waals surface area (Å²) in [6.45, 7) is 6.20. The summed E-state index contributed by atoms with van der Waals surface area (Å²) in [4.78, 5) is 26.6. The van der Waals surface area contributed by atoms with E-state index in [0.29, 0.717) is 11.8 Å². The van der Waals surface area contributed by atoms with Gasteiger partial charge in [-0.3, -0.25) is 0 Å². The van der Waals surface area contributed by atoms with Crippen molar-refractivity contribution in [1.29, 1.82) is 0 Å². The van der Waals surface area contributed by atoms with Gasteiger partial charge < -0.3 is 14.7 Å². The first-order valence-corrected chi connectivity index (χ1v) is 11.9. The summed E-state index contributed by atoms with van der Waals surface area (Å²) in [6.07, 6.45) is 8.07. The highest BCUT2D eigenvalue weighted by molar-refractivity contribution is 7.99. The molecule has 2 aromatic heterocycles. The molecule has 156 valence electrons. The van der Waals surface area contributed by atoms with Crippen molar-refractivity contribution in [3.05, 3.63) is 42.2 Å². The number of carbonyl (C=O) groups is 1. The molecule has 2 aliphatic heterocycles. The summed E-state index contributed by atoms with van der Waals surface area (Å²) in [5.74, 6) is 2.61. The summed E-state index contributed by atoms with van der Waals surface area (Å²) in [5.41, 5.74) is 6.00. The Morgan fingerprint density at radius 2 is 2.23 bits per heavy atom. The molecule has 1 aromatic carbocycles. The molecule has 1 spiro atoms. The number of hydrogen-bond donors (Lipinski definition) is 1. The number of H-pyrrole nitrogens is 1. The van der Waals surface area contributed by atoms with Crippen LogP contribution in [0.3, 0.4) is 0 Å². The molecular weight excluding hydrogens is 392 g/mol. The number of fused-ring (bicyclic) bond motifs is 1. The molecule has 2 fully saturated rings. The number of aldehydes is 1. The molecule has 5 nitrogen and oxygen atoms in total. The van der Waals surface area contributed by atoms with Gasteiger partial charge in [0.25, 0.3) is 0 Å². The van der Waals surface area contributed by atoms with E-state index in [0.717, 1.165) is 47.4 Å². The van der Waals surface area contributed by atoms with Gasteiger partial charge in [-0.1, -0.05) is 26.0 Å². The zero-order valence-electron chi connectivity index (χ0n) is 17.6. The number of nitrogens with one attached hydrogen (secondary N) is 1. The van der Waals surface area contributed by atoms with Crippen molar-refractivity contribution < 1.29 is 4.79 Å². The maximum Gasteiger partial charge on any atom is 0.156 e. The first-order valence-electron chi connectivity index (χ1n) is 10.7. The third-order valence-electron chi connectivity index (χ3n) is 6.56. The van der Waals surface area contributed by atoms with Crippen molar-refractivity contribution in [2.45, 2.75) is 33.1 Å². The average Bonchev–Trinajstić information content (AvgIpc) is 3.49. The van der Waals surface area contributed by atoms with E-state index >= 15 is 0 Å². The number of aromatic nitrogens is 3. The summed E-state index contributed by atoms with van der Waals surface area (Å²) < 4.78 is 0. The first kappa shape index (κ1) is 19.6. The molecule has 5 rings (SSSR count). The lowest BCUT2D eigenvalue weighted by atomic mass is 9.87. The molecule has 0 aliphatic carbocycles. The van der Waals surface area contributed by atoms with Gasteiger partial charge in [0, 0.05) is 41.7 Å². The highest BCUT2D eigenvalue weighted by Gasteiger charge is 2.40. The van der Waals surface area contributed by atoms with E-state index in [4.69, 9.17) is 4.98 Å². The molecular formula is C24H28N4OS. The molecule has 0 bridgehead atoms.